The minimum atomic E-state index is 0.917. The van der Waals surface area contributed by atoms with Crippen LogP contribution in [0.4, 0.5) is 0 Å². The molecule has 0 aliphatic rings. The first-order valence-corrected chi connectivity index (χ1v) is 3.12. The van der Waals surface area contributed by atoms with E-state index >= 15 is 0 Å². The van der Waals surface area contributed by atoms with Crippen LogP contribution in [0.3, 0.4) is 0 Å². The van der Waals surface area contributed by atoms with Gasteiger partial charge in [-0.15, -0.1) is 0 Å². The fraction of sp³-hybridized carbons (Fsp3) is 0.375. The minimum absolute atomic E-state index is 0.917. The maximum atomic E-state index is 3.81. The van der Waals surface area contributed by atoms with Gasteiger partial charge in [0.1, 0.15) is 0 Å². The van der Waals surface area contributed by atoms with Crippen LogP contribution in [0.2, 0.25) is 0 Å². The SMILES string of the molecule is C=C(C)N/C(C)=C\[N+]#CC. The van der Waals surface area contributed by atoms with E-state index in [1.54, 1.807) is 13.1 Å². The third-order valence-corrected chi connectivity index (χ3v) is 0.798. The molecule has 0 heterocycles. The Morgan fingerprint density at radius 3 is 2.60 bits per heavy atom. The second-order valence-corrected chi connectivity index (χ2v) is 2.07. The Kier molecular flexibility index (Phi) is 4.06. The second-order valence-electron chi connectivity index (χ2n) is 2.07. The second kappa shape index (κ2) is 4.63. The lowest BCUT2D eigenvalue weighted by molar-refractivity contribution is 0.975. The first-order chi connectivity index (χ1) is 4.66. The summed E-state index contributed by atoms with van der Waals surface area (Å²) in [6.07, 6.45) is 1.70. The molecule has 2 heteroatoms. The molecule has 54 valence electrons. The lowest BCUT2D eigenvalue weighted by Crippen LogP contribution is -2.05. The summed E-state index contributed by atoms with van der Waals surface area (Å²) in [4.78, 5) is 3.81. The van der Waals surface area contributed by atoms with Crippen molar-refractivity contribution in [3.05, 3.63) is 29.0 Å². The first kappa shape index (κ1) is 8.77. The van der Waals surface area contributed by atoms with Crippen LogP contribution in [0.25, 0.3) is 4.85 Å². The molecule has 0 aromatic rings. The van der Waals surface area contributed by atoms with Crippen molar-refractivity contribution in [3.63, 3.8) is 0 Å². The lowest BCUT2D eigenvalue weighted by Gasteiger charge is -1.97. The van der Waals surface area contributed by atoms with Crippen molar-refractivity contribution >= 4 is 0 Å². The van der Waals surface area contributed by atoms with Crippen LogP contribution in [-0.4, -0.2) is 0 Å². The molecular formula is C8H13N2+. The zero-order valence-corrected chi connectivity index (χ0v) is 6.73. The van der Waals surface area contributed by atoms with E-state index in [9.17, 15) is 0 Å². The van der Waals surface area contributed by atoms with Gasteiger partial charge < -0.3 is 5.32 Å². The van der Waals surface area contributed by atoms with Crippen LogP contribution in [-0.2, 0) is 0 Å². The molecule has 1 N–H and O–H groups in total. The molecule has 0 aliphatic heterocycles. The summed E-state index contributed by atoms with van der Waals surface area (Å²) in [6.45, 7) is 9.27. The van der Waals surface area contributed by atoms with E-state index in [2.05, 4.69) is 22.8 Å². The number of nitrogens with zero attached hydrogens (tertiary/aromatic N) is 1. The summed E-state index contributed by atoms with van der Waals surface area (Å²) in [5.74, 6) is 0. The molecule has 2 nitrogen and oxygen atoms in total. The van der Waals surface area contributed by atoms with Gasteiger partial charge in [-0.2, -0.15) is 0 Å². The average molecular weight is 137 g/mol. The number of rotatable bonds is 2. The lowest BCUT2D eigenvalue weighted by atomic mass is 10.4. The predicted molar refractivity (Wildman–Crippen MR) is 44.6 cm³/mol. The highest BCUT2D eigenvalue weighted by atomic mass is 14.9. The van der Waals surface area contributed by atoms with Crippen LogP contribution < -0.4 is 5.32 Å². The highest BCUT2D eigenvalue weighted by molar-refractivity contribution is 5.09. The van der Waals surface area contributed by atoms with Gasteiger partial charge in [0.2, 0.25) is 0 Å². The summed E-state index contributed by atoms with van der Waals surface area (Å²) >= 11 is 0. The van der Waals surface area contributed by atoms with Gasteiger partial charge in [-0.3, -0.25) is 0 Å². The molecule has 0 atom stereocenters. The quantitative estimate of drug-likeness (QED) is 0.617. The van der Waals surface area contributed by atoms with Gasteiger partial charge in [0.25, 0.3) is 6.07 Å². The average Bonchev–Trinajstić information content (AvgIpc) is 1.82. The van der Waals surface area contributed by atoms with E-state index in [4.69, 9.17) is 0 Å². The van der Waals surface area contributed by atoms with Crippen LogP contribution in [0.5, 0.6) is 0 Å². The van der Waals surface area contributed by atoms with E-state index in [-0.39, 0.29) is 0 Å². The van der Waals surface area contributed by atoms with E-state index in [0.717, 1.165) is 11.4 Å². The topological polar surface area (TPSA) is 16.4 Å². The molecule has 0 aromatic heterocycles. The largest absolute Gasteiger partial charge is 0.357 e. The maximum absolute atomic E-state index is 3.81. The summed E-state index contributed by atoms with van der Waals surface area (Å²) < 4.78 is 0. The Bertz CT molecular complexity index is 203. The molecule has 10 heavy (non-hydrogen) atoms. The zero-order valence-electron chi connectivity index (χ0n) is 6.73. The van der Waals surface area contributed by atoms with E-state index in [0.29, 0.717) is 0 Å². The third kappa shape index (κ3) is 4.92. The van der Waals surface area contributed by atoms with E-state index in [1.807, 2.05) is 13.8 Å². The van der Waals surface area contributed by atoms with Crippen LogP contribution in [0.15, 0.2) is 24.2 Å². The number of nitrogens with one attached hydrogen (secondary N) is 1. The fourth-order valence-electron chi connectivity index (χ4n) is 0.530. The van der Waals surface area contributed by atoms with Crippen molar-refractivity contribution in [1.29, 1.82) is 0 Å². The standard InChI is InChI=1S/C8H13N2/c1-5-9-6-8(4)10-7(2)3/h6,10H,2H2,1,3-4H3/q+1/b8-6-. The van der Waals surface area contributed by atoms with Crippen molar-refractivity contribution in [3.8, 4) is 6.07 Å². The van der Waals surface area contributed by atoms with Crippen molar-refractivity contribution in [2.45, 2.75) is 20.8 Å². The molecule has 0 aromatic carbocycles. The van der Waals surface area contributed by atoms with Gasteiger partial charge in [-0.1, -0.05) is 6.58 Å². The Labute approximate surface area is 62.1 Å². The monoisotopic (exact) mass is 137 g/mol. The first-order valence-electron chi connectivity index (χ1n) is 3.12. The van der Waals surface area contributed by atoms with Gasteiger partial charge in [0, 0.05) is 5.70 Å². The molecule has 0 unspecified atom stereocenters. The molecule has 0 saturated heterocycles. The minimum Gasteiger partial charge on any atom is -0.357 e. The van der Waals surface area contributed by atoms with Crippen LogP contribution in [0, 0.1) is 6.07 Å². The van der Waals surface area contributed by atoms with Gasteiger partial charge >= 0.3 is 6.20 Å². The zero-order chi connectivity index (χ0) is 7.98. The molecule has 0 spiro atoms. The maximum Gasteiger partial charge on any atom is 0.324 e. The van der Waals surface area contributed by atoms with E-state index in [1.165, 1.54) is 0 Å². The molecular weight excluding hydrogens is 124 g/mol. The highest BCUT2D eigenvalue weighted by Gasteiger charge is 1.90. The van der Waals surface area contributed by atoms with Crippen molar-refractivity contribution in [1.82, 2.24) is 5.32 Å². The Balaban J connectivity index is 3.90. The van der Waals surface area contributed by atoms with Crippen LogP contribution >= 0.6 is 0 Å². The third-order valence-electron chi connectivity index (χ3n) is 0.798. The molecule has 0 amide bonds. The molecule has 0 bridgehead atoms. The smallest absolute Gasteiger partial charge is 0.324 e. The summed E-state index contributed by atoms with van der Waals surface area (Å²) in [5.41, 5.74) is 1.89. The fourth-order valence-corrected chi connectivity index (χ4v) is 0.530. The Morgan fingerprint density at radius 2 is 2.20 bits per heavy atom. The normalized spacial score (nSPS) is 9.70. The summed E-state index contributed by atoms with van der Waals surface area (Å²) in [6, 6.07) is 2.65. The van der Waals surface area contributed by atoms with Gasteiger partial charge in [-0.25, -0.2) is 0 Å². The Hall–Kier alpha value is -1.23. The van der Waals surface area contributed by atoms with Crippen molar-refractivity contribution in [2.24, 2.45) is 0 Å². The van der Waals surface area contributed by atoms with Crippen LogP contribution in [0.1, 0.15) is 20.8 Å². The molecule has 0 fully saturated rings. The Morgan fingerprint density at radius 1 is 1.60 bits per heavy atom. The molecule has 0 saturated carbocycles. The van der Waals surface area contributed by atoms with Gasteiger partial charge in [0.15, 0.2) is 0 Å². The van der Waals surface area contributed by atoms with Crippen molar-refractivity contribution in [2.75, 3.05) is 0 Å². The number of allylic oxidation sites excluding steroid dienone is 2. The highest BCUT2D eigenvalue weighted by Crippen LogP contribution is 1.90. The van der Waals surface area contributed by atoms with Gasteiger partial charge in [-0.05, 0) is 18.7 Å². The van der Waals surface area contributed by atoms with E-state index < -0.39 is 0 Å². The predicted octanol–water partition coefficient (Wildman–Crippen LogP) is 2.32. The molecule has 0 rings (SSSR count). The number of hydrogen-bond donors (Lipinski definition) is 1. The van der Waals surface area contributed by atoms with Crippen molar-refractivity contribution < 1.29 is 0 Å². The molecule has 0 aliphatic carbocycles. The summed E-state index contributed by atoms with van der Waals surface area (Å²) in [5, 5.41) is 3.01. The summed E-state index contributed by atoms with van der Waals surface area (Å²) in [7, 11) is 0. The molecule has 0 radical (unpaired) electrons. The number of hydrogen-bond acceptors (Lipinski definition) is 1. The van der Waals surface area contributed by atoms with Gasteiger partial charge in [0.05, 0.1) is 12.6 Å².